The van der Waals surface area contributed by atoms with Gasteiger partial charge in [0.25, 0.3) is 0 Å². The van der Waals surface area contributed by atoms with Crippen LogP contribution in [0.5, 0.6) is 0 Å². The number of nitrogen functional groups attached to an aromatic ring is 2. The third-order valence-corrected chi connectivity index (χ3v) is 1.88. The number of hydrogen-bond acceptors (Lipinski definition) is 3. The van der Waals surface area contributed by atoms with Crippen LogP contribution in [0.1, 0.15) is 25.0 Å². The van der Waals surface area contributed by atoms with Crippen LogP contribution in [-0.4, -0.2) is 5.11 Å². The molecule has 3 nitrogen and oxygen atoms in total. The minimum Gasteiger partial charge on any atom is -0.397 e. The highest BCUT2D eigenvalue weighted by molar-refractivity contribution is 5.64. The summed E-state index contributed by atoms with van der Waals surface area (Å²) in [5, 5.41) is 9.45. The Labute approximate surface area is 72.0 Å². The quantitative estimate of drug-likeness (QED) is 0.580. The van der Waals surface area contributed by atoms with E-state index in [0.717, 1.165) is 5.56 Å². The van der Waals surface area contributed by atoms with Crippen LogP contribution >= 0.6 is 0 Å². The molecular weight excluding hydrogens is 152 g/mol. The lowest BCUT2D eigenvalue weighted by molar-refractivity contribution is 0.174. The van der Waals surface area contributed by atoms with Crippen LogP contribution in [0.4, 0.5) is 11.4 Å². The van der Waals surface area contributed by atoms with Crippen molar-refractivity contribution in [2.24, 2.45) is 0 Å². The van der Waals surface area contributed by atoms with Gasteiger partial charge in [0.15, 0.2) is 0 Å². The fourth-order valence-corrected chi connectivity index (χ4v) is 1.04. The van der Waals surface area contributed by atoms with Gasteiger partial charge >= 0.3 is 0 Å². The number of nitrogens with two attached hydrogens (primary N) is 2. The van der Waals surface area contributed by atoms with Gasteiger partial charge < -0.3 is 16.6 Å². The van der Waals surface area contributed by atoms with E-state index in [-0.39, 0.29) is 0 Å². The van der Waals surface area contributed by atoms with Crippen molar-refractivity contribution in [2.75, 3.05) is 11.5 Å². The Balaban J connectivity index is 2.96. The number of anilines is 2. The summed E-state index contributed by atoms with van der Waals surface area (Å²) in [5.41, 5.74) is 13.0. The van der Waals surface area contributed by atoms with E-state index in [1.165, 1.54) is 0 Å². The lowest BCUT2D eigenvalue weighted by Gasteiger charge is -2.09. The van der Waals surface area contributed by atoms with Gasteiger partial charge in [0.05, 0.1) is 17.5 Å². The van der Waals surface area contributed by atoms with Crippen LogP contribution in [-0.2, 0) is 0 Å². The highest BCUT2D eigenvalue weighted by atomic mass is 16.3. The Morgan fingerprint density at radius 2 is 2.00 bits per heavy atom. The molecule has 0 saturated carbocycles. The maximum Gasteiger partial charge on any atom is 0.0788 e. The zero-order chi connectivity index (χ0) is 9.14. The van der Waals surface area contributed by atoms with Crippen molar-refractivity contribution >= 4 is 11.4 Å². The maximum atomic E-state index is 9.45. The van der Waals surface area contributed by atoms with Crippen molar-refractivity contribution in [1.82, 2.24) is 0 Å². The summed E-state index contributed by atoms with van der Waals surface area (Å²) >= 11 is 0. The Bertz CT molecular complexity index is 273. The van der Waals surface area contributed by atoms with E-state index in [2.05, 4.69) is 0 Å². The first-order valence-corrected chi connectivity index (χ1v) is 3.98. The summed E-state index contributed by atoms with van der Waals surface area (Å²) in [6.07, 6.45) is 0.247. The van der Waals surface area contributed by atoms with E-state index >= 15 is 0 Å². The Morgan fingerprint density at radius 3 is 2.50 bits per heavy atom. The first kappa shape index (κ1) is 8.87. The second kappa shape index (κ2) is 3.45. The molecule has 0 amide bonds. The van der Waals surface area contributed by atoms with Crippen molar-refractivity contribution in [2.45, 2.75) is 19.4 Å². The summed E-state index contributed by atoms with van der Waals surface area (Å²) < 4.78 is 0. The van der Waals surface area contributed by atoms with Gasteiger partial charge in [0.1, 0.15) is 0 Å². The second-order valence-electron chi connectivity index (χ2n) is 2.81. The van der Waals surface area contributed by atoms with Crippen LogP contribution in [0.25, 0.3) is 0 Å². The maximum absolute atomic E-state index is 9.45. The molecule has 0 saturated heterocycles. The van der Waals surface area contributed by atoms with Crippen LogP contribution in [0.15, 0.2) is 18.2 Å². The minimum absolute atomic E-state index is 0.437. The molecule has 0 aliphatic rings. The van der Waals surface area contributed by atoms with E-state index < -0.39 is 6.10 Å². The molecule has 1 aromatic carbocycles. The van der Waals surface area contributed by atoms with Crippen LogP contribution < -0.4 is 11.5 Å². The summed E-state index contributed by atoms with van der Waals surface area (Å²) in [7, 11) is 0. The molecule has 3 heteroatoms. The summed E-state index contributed by atoms with van der Waals surface area (Å²) in [6, 6.07) is 5.22. The molecule has 0 aliphatic heterocycles. The number of aliphatic hydroxyl groups is 1. The standard InChI is InChI=1S/C9H14N2O/c1-2-9(12)6-3-4-7(10)8(11)5-6/h3-5,9,12H,2,10-11H2,1H3. The molecule has 0 radical (unpaired) electrons. The molecule has 0 aromatic heterocycles. The fraction of sp³-hybridized carbons (Fsp3) is 0.333. The van der Waals surface area contributed by atoms with Gasteiger partial charge in [0, 0.05) is 0 Å². The zero-order valence-corrected chi connectivity index (χ0v) is 7.12. The predicted molar refractivity (Wildman–Crippen MR) is 50.5 cm³/mol. The molecule has 1 rings (SSSR count). The molecule has 5 N–H and O–H groups in total. The second-order valence-corrected chi connectivity index (χ2v) is 2.81. The molecule has 0 spiro atoms. The van der Waals surface area contributed by atoms with Gasteiger partial charge in [0.2, 0.25) is 0 Å². The lowest BCUT2D eigenvalue weighted by atomic mass is 10.1. The first-order chi connectivity index (χ1) is 5.65. The van der Waals surface area contributed by atoms with E-state index in [4.69, 9.17) is 11.5 Å². The average Bonchev–Trinajstić information content (AvgIpc) is 2.08. The summed E-state index contributed by atoms with van der Waals surface area (Å²) in [4.78, 5) is 0. The van der Waals surface area contributed by atoms with Gasteiger partial charge in [-0.2, -0.15) is 0 Å². The number of rotatable bonds is 2. The van der Waals surface area contributed by atoms with Crippen LogP contribution in [0.2, 0.25) is 0 Å². The van der Waals surface area contributed by atoms with Gasteiger partial charge in [-0.05, 0) is 24.1 Å². The van der Waals surface area contributed by atoms with Crippen molar-refractivity contribution < 1.29 is 5.11 Å². The number of benzene rings is 1. The highest BCUT2D eigenvalue weighted by Gasteiger charge is 2.05. The topological polar surface area (TPSA) is 72.3 Å². The number of hydrogen-bond donors (Lipinski definition) is 3. The molecule has 1 aromatic rings. The molecule has 1 atom stereocenters. The predicted octanol–water partition coefficient (Wildman–Crippen LogP) is 1.29. The summed E-state index contributed by atoms with van der Waals surface area (Å²) in [6.45, 7) is 1.91. The Kier molecular flexibility index (Phi) is 2.55. The van der Waals surface area contributed by atoms with Crippen molar-refractivity contribution in [3.05, 3.63) is 23.8 Å². The van der Waals surface area contributed by atoms with Crippen LogP contribution in [0, 0.1) is 0 Å². The Hall–Kier alpha value is -1.22. The lowest BCUT2D eigenvalue weighted by Crippen LogP contribution is -1.99. The molecular formula is C9H14N2O. The zero-order valence-electron chi connectivity index (χ0n) is 7.12. The molecule has 0 aliphatic carbocycles. The molecule has 0 fully saturated rings. The van der Waals surface area contributed by atoms with E-state index in [9.17, 15) is 5.11 Å². The molecule has 12 heavy (non-hydrogen) atoms. The van der Waals surface area contributed by atoms with E-state index in [0.29, 0.717) is 17.8 Å². The first-order valence-electron chi connectivity index (χ1n) is 3.98. The van der Waals surface area contributed by atoms with Crippen LogP contribution in [0.3, 0.4) is 0 Å². The molecule has 1 unspecified atom stereocenters. The van der Waals surface area contributed by atoms with Gasteiger partial charge in [-0.1, -0.05) is 13.0 Å². The highest BCUT2D eigenvalue weighted by Crippen LogP contribution is 2.22. The van der Waals surface area contributed by atoms with Crippen molar-refractivity contribution in [3.8, 4) is 0 Å². The third kappa shape index (κ3) is 1.68. The van der Waals surface area contributed by atoms with E-state index in [1.807, 2.05) is 6.92 Å². The monoisotopic (exact) mass is 166 g/mol. The molecule has 66 valence electrons. The number of aliphatic hydroxyl groups excluding tert-OH is 1. The van der Waals surface area contributed by atoms with Gasteiger partial charge in [-0.15, -0.1) is 0 Å². The smallest absolute Gasteiger partial charge is 0.0788 e. The van der Waals surface area contributed by atoms with Crippen molar-refractivity contribution in [3.63, 3.8) is 0 Å². The minimum atomic E-state index is -0.437. The fourth-order valence-electron chi connectivity index (χ4n) is 1.04. The third-order valence-electron chi connectivity index (χ3n) is 1.88. The average molecular weight is 166 g/mol. The summed E-state index contributed by atoms with van der Waals surface area (Å²) in [5.74, 6) is 0. The molecule has 0 bridgehead atoms. The van der Waals surface area contributed by atoms with Crippen molar-refractivity contribution in [1.29, 1.82) is 0 Å². The Morgan fingerprint density at radius 1 is 1.33 bits per heavy atom. The van der Waals surface area contributed by atoms with Gasteiger partial charge in [-0.25, -0.2) is 0 Å². The normalized spacial score (nSPS) is 12.8. The van der Waals surface area contributed by atoms with E-state index in [1.54, 1.807) is 18.2 Å². The SMILES string of the molecule is CCC(O)c1ccc(N)c(N)c1. The van der Waals surface area contributed by atoms with Gasteiger partial charge in [-0.3, -0.25) is 0 Å². The molecule has 0 heterocycles. The largest absolute Gasteiger partial charge is 0.397 e.